The van der Waals surface area contributed by atoms with E-state index in [-0.39, 0.29) is 0 Å². The largest absolute Gasteiger partial charge is 0.456 e. The molecular weight excluding hydrogens is 435 g/mol. The van der Waals surface area contributed by atoms with Gasteiger partial charge in [0.15, 0.2) is 0 Å². The molecule has 5 heteroatoms. The molecule has 0 N–H and O–H groups in total. The molecule has 88 valence electrons. The number of hydrogen-bond donors (Lipinski definition) is 0. The molecule has 17 heavy (non-hydrogen) atoms. The van der Waals surface area contributed by atoms with E-state index in [1.165, 1.54) is 0 Å². The monoisotopic (exact) mass is 438 g/mol. The van der Waals surface area contributed by atoms with E-state index in [9.17, 15) is 0 Å². The Morgan fingerprint density at radius 2 is 1.59 bits per heavy atom. The van der Waals surface area contributed by atoms with Gasteiger partial charge in [-0.3, -0.25) is 0 Å². The quantitative estimate of drug-likeness (QED) is 0.386. The molecule has 0 aliphatic heterocycles. The molecule has 0 radical (unpaired) electrons. The average molecular weight is 441 g/mol. The summed E-state index contributed by atoms with van der Waals surface area (Å²) in [5, 5.41) is 0.531. The summed E-state index contributed by atoms with van der Waals surface area (Å²) in [6.07, 6.45) is 0. The maximum absolute atomic E-state index is 6.20. The SMILES string of the molecule is Clc1c(Oc2ccccc2)cc(Br)c(Br)c1Br. The van der Waals surface area contributed by atoms with E-state index in [4.69, 9.17) is 16.3 Å². The Kier molecular flexibility index (Phi) is 4.53. The molecule has 0 fully saturated rings. The molecule has 2 aromatic rings. The van der Waals surface area contributed by atoms with Crippen LogP contribution in [0.2, 0.25) is 5.02 Å². The van der Waals surface area contributed by atoms with Gasteiger partial charge in [-0.25, -0.2) is 0 Å². The van der Waals surface area contributed by atoms with Crippen molar-refractivity contribution < 1.29 is 4.74 Å². The molecule has 0 bridgehead atoms. The van der Waals surface area contributed by atoms with Crippen LogP contribution in [0.4, 0.5) is 0 Å². The first-order chi connectivity index (χ1) is 8.09. The predicted octanol–water partition coefficient (Wildman–Crippen LogP) is 6.42. The third-order valence-electron chi connectivity index (χ3n) is 2.04. The lowest BCUT2D eigenvalue weighted by atomic mass is 10.3. The summed E-state index contributed by atoms with van der Waals surface area (Å²) in [7, 11) is 0. The van der Waals surface area contributed by atoms with Gasteiger partial charge in [0.25, 0.3) is 0 Å². The highest BCUT2D eigenvalue weighted by Crippen LogP contribution is 2.43. The molecule has 0 heterocycles. The van der Waals surface area contributed by atoms with E-state index in [0.717, 1.165) is 19.2 Å². The Hall–Kier alpha value is -0.0300. The Labute approximate surface area is 130 Å². The van der Waals surface area contributed by atoms with Crippen LogP contribution in [0.3, 0.4) is 0 Å². The van der Waals surface area contributed by atoms with Crippen molar-refractivity contribution >= 4 is 59.4 Å². The smallest absolute Gasteiger partial charge is 0.148 e. The lowest BCUT2D eigenvalue weighted by Crippen LogP contribution is -1.87. The van der Waals surface area contributed by atoms with Gasteiger partial charge in [0.1, 0.15) is 11.5 Å². The Morgan fingerprint density at radius 3 is 2.24 bits per heavy atom. The van der Waals surface area contributed by atoms with Crippen molar-refractivity contribution in [2.75, 3.05) is 0 Å². The van der Waals surface area contributed by atoms with E-state index in [1.54, 1.807) is 0 Å². The number of para-hydroxylation sites is 1. The third-order valence-corrected chi connectivity index (χ3v) is 5.95. The summed E-state index contributed by atoms with van der Waals surface area (Å²) in [6.45, 7) is 0. The number of ether oxygens (including phenoxy) is 1. The van der Waals surface area contributed by atoms with Gasteiger partial charge in [-0.2, -0.15) is 0 Å². The third kappa shape index (κ3) is 3.05. The molecule has 0 amide bonds. The fourth-order valence-electron chi connectivity index (χ4n) is 1.24. The minimum absolute atomic E-state index is 0.531. The molecule has 0 atom stereocenters. The molecule has 0 unspecified atom stereocenters. The number of benzene rings is 2. The summed E-state index contributed by atoms with van der Waals surface area (Å²) in [5.41, 5.74) is 0. The van der Waals surface area contributed by atoms with E-state index in [1.807, 2.05) is 36.4 Å². The van der Waals surface area contributed by atoms with Gasteiger partial charge in [-0.15, -0.1) is 0 Å². The Bertz CT molecular complexity index is 543. The van der Waals surface area contributed by atoms with E-state index >= 15 is 0 Å². The van der Waals surface area contributed by atoms with Crippen LogP contribution in [0.15, 0.2) is 49.8 Å². The van der Waals surface area contributed by atoms with Crippen LogP contribution in [0, 0.1) is 0 Å². The summed E-state index contributed by atoms with van der Waals surface area (Å²) in [5.74, 6) is 1.34. The fraction of sp³-hybridized carbons (Fsp3) is 0. The second-order valence-corrected chi connectivity index (χ2v) is 6.03. The lowest BCUT2D eigenvalue weighted by molar-refractivity contribution is 0.482. The predicted molar refractivity (Wildman–Crippen MR) is 81.1 cm³/mol. The topological polar surface area (TPSA) is 9.23 Å². The number of hydrogen-bond acceptors (Lipinski definition) is 1. The van der Waals surface area contributed by atoms with Crippen molar-refractivity contribution in [1.82, 2.24) is 0 Å². The molecule has 1 nitrogen and oxygen atoms in total. The number of rotatable bonds is 2. The highest BCUT2D eigenvalue weighted by molar-refractivity contribution is 9.14. The van der Waals surface area contributed by atoms with Crippen molar-refractivity contribution in [1.29, 1.82) is 0 Å². The van der Waals surface area contributed by atoms with Crippen LogP contribution in [0.5, 0.6) is 11.5 Å². The summed E-state index contributed by atoms with van der Waals surface area (Å²) >= 11 is 16.4. The maximum Gasteiger partial charge on any atom is 0.148 e. The first kappa shape index (κ1) is 13.4. The van der Waals surface area contributed by atoms with Crippen molar-refractivity contribution in [2.45, 2.75) is 0 Å². The zero-order valence-corrected chi connectivity index (χ0v) is 13.9. The van der Waals surface area contributed by atoms with Crippen molar-refractivity contribution in [3.63, 3.8) is 0 Å². The molecule has 0 aromatic heterocycles. The summed E-state index contributed by atoms with van der Waals surface area (Å²) < 4.78 is 8.21. The summed E-state index contributed by atoms with van der Waals surface area (Å²) in [4.78, 5) is 0. The second kappa shape index (κ2) is 5.74. The van der Waals surface area contributed by atoms with E-state index in [2.05, 4.69) is 47.8 Å². The number of halogens is 4. The van der Waals surface area contributed by atoms with Crippen LogP contribution < -0.4 is 4.74 Å². The van der Waals surface area contributed by atoms with E-state index in [0.29, 0.717) is 10.8 Å². The van der Waals surface area contributed by atoms with Crippen molar-refractivity contribution in [3.05, 3.63) is 54.8 Å². The normalized spacial score (nSPS) is 10.4. The minimum atomic E-state index is 0.531. The van der Waals surface area contributed by atoms with Gasteiger partial charge in [-0.05, 0) is 66.0 Å². The van der Waals surface area contributed by atoms with Crippen LogP contribution in [0.1, 0.15) is 0 Å². The van der Waals surface area contributed by atoms with E-state index < -0.39 is 0 Å². The maximum atomic E-state index is 6.20. The minimum Gasteiger partial charge on any atom is -0.456 e. The first-order valence-corrected chi connectivity index (χ1v) is 7.41. The van der Waals surface area contributed by atoms with Gasteiger partial charge in [0.05, 0.1) is 9.50 Å². The summed E-state index contributed by atoms with van der Waals surface area (Å²) in [6, 6.07) is 11.3. The van der Waals surface area contributed by atoms with Gasteiger partial charge >= 0.3 is 0 Å². The molecule has 0 saturated heterocycles. The lowest BCUT2D eigenvalue weighted by Gasteiger charge is -2.11. The molecule has 0 spiro atoms. The molecule has 0 aliphatic carbocycles. The second-order valence-electron chi connectivity index (χ2n) is 3.21. The van der Waals surface area contributed by atoms with Crippen LogP contribution >= 0.6 is 59.4 Å². The highest BCUT2D eigenvalue weighted by atomic mass is 79.9. The molecule has 2 aromatic carbocycles. The zero-order chi connectivity index (χ0) is 12.4. The average Bonchev–Trinajstić information content (AvgIpc) is 2.35. The molecule has 0 saturated carbocycles. The van der Waals surface area contributed by atoms with Crippen LogP contribution in [0.25, 0.3) is 0 Å². The first-order valence-electron chi connectivity index (χ1n) is 4.65. The standard InChI is InChI=1S/C12H6Br3ClO/c13-8-6-9(12(16)11(15)10(8)14)17-7-4-2-1-3-5-7/h1-6H. The highest BCUT2D eigenvalue weighted by Gasteiger charge is 2.13. The Morgan fingerprint density at radius 1 is 0.941 bits per heavy atom. The van der Waals surface area contributed by atoms with Crippen LogP contribution in [-0.2, 0) is 0 Å². The van der Waals surface area contributed by atoms with Crippen molar-refractivity contribution in [3.8, 4) is 11.5 Å². The van der Waals surface area contributed by atoms with Gasteiger partial charge in [0.2, 0.25) is 0 Å². The zero-order valence-electron chi connectivity index (χ0n) is 8.38. The molecule has 0 aliphatic rings. The van der Waals surface area contributed by atoms with Gasteiger partial charge in [0, 0.05) is 8.95 Å². The Balaban J connectivity index is 2.41. The van der Waals surface area contributed by atoms with Gasteiger partial charge in [-0.1, -0.05) is 29.8 Å². The van der Waals surface area contributed by atoms with Gasteiger partial charge < -0.3 is 4.74 Å². The van der Waals surface area contributed by atoms with Crippen molar-refractivity contribution in [2.24, 2.45) is 0 Å². The fourth-order valence-corrected chi connectivity index (χ4v) is 2.94. The van der Waals surface area contributed by atoms with Crippen LogP contribution in [-0.4, -0.2) is 0 Å². The molecular formula is C12H6Br3ClO. The molecule has 2 rings (SSSR count).